The number of rotatable bonds is 3. The first kappa shape index (κ1) is 15.0. The molecule has 0 aliphatic heterocycles. The van der Waals surface area contributed by atoms with E-state index in [1.165, 1.54) is 0 Å². The normalized spacial score (nSPS) is 13.3. The molecule has 0 aliphatic carbocycles. The number of pyridine rings is 1. The number of carbonyl (C=O) groups excluding carboxylic acids is 1. The molecule has 1 aromatic carbocycles. The second-order valence-electron chi connectivity index (χ2n) is 5.27. The van der Waals surface area contributed by atoms with Crippen LogP contribution in [0.3, 0.4) is 0 Å². The summed E-state index contributed by atoms with van der Waals surface area (Å²) >= 11 is 0. The minimum Gasteiger partial charge on any atom is -0.341 e. The molecule has 0 saturated carbocycles. The van der Waals surface area contributed by atoms with E-state index < -0.39 is 5.54 Å². The fraction of sp³-hybridized carbons (Fsp3) is 0.294. The van der Waals surface area contributed by atoms with Crippen molar-refractivity contribution >= 4 is 6.03 Å². The molecule has 1 N–H and O–H groups in total. The molecular weight excluding hydrogens is 262 g/mol. The van der Waals surface area contributed by atoms with Crippen LogP contribution in [-0.4, -0.2) is 30.0 Å². The molecule has 0 fully saturated rings. The fourth-order valence-electron chi connectivity index (χ4n) is 2.40. The van der Waals surface area contributed by atoms with Crippen molar-refractivity contribution in [3.8, 4) is 0 Å². The van der Waals surface area contributed by atoms with Crippen LogP contribution in [0.2, 0.25) is 0 Å². The maximum absolute atomic E-state index is 12.2. The lowest BCUT2D eigenvalue weighted by atomic mass is 9.86. The van der Waals surface area contributed by atoms with Gasteiger partial charge < -0.3 is 10.2 Å². The van der Waals surface area contributed by atoms with Crippen molar-refractivity contribution in [3.05, 3.63) is 65.5 Å². The molecule has 0 spiro atoms. The second-order valence-corrected chi connectivity index (χ2v) is 5.27. The van der Waals surface area contributed by atoms with E-state index in [1.54, 1.807) is 19.0 Å². The Bertz CT molecular complexity index is 610. The number of aryl methyl sites for hydroxylation is 1. The van der Waals surface area contributed by atoms with Crippen molar-refractivity contribution in [1.82, 2.24) is 15.2 Å². The highest BCUT2D eigenvalue weighted by molar-refractivity contribution is 5.75. The molecule has 1 aromatic heterocycles. The maximum atomic E-state index is 12.2. The molecule has 0 unspecified atom stereocenters. The molecular formula is C17H21N3O. The third-order valence-corrected chi connectivity index (χ3v) is 3.94. The summed E-state index contributed by atoms with van der Waals surface area (Å²) in [4.78, 5) is 18.4. The van der Waals surface area contributed by atoms with Crippen LogP contribution in [0.5, 0.6) is 0 Å². The minimum atomic E-state index is -0.630. The topological polar surface area (TPSA) is 45.2 Å². The molecule has 110 valence electrons. The number of urea groups is 1. The summed E-state index contributed by atoms with van der Waals surface area (Å²) < 4.78 is 0. The van der Waals surface area contributed by atoms with Crippen LogP contribution in [-0.2, 0) is 5.54 Å². The number of nitrogens with zero attached hydrogens (tertiary/aromatic N) is 2. The summed E-state index contributed by atoms with van der Waals surface area (Å²) in [6.45, 7) is 4.01. The minimum absolute atomic E-state index is 0.149. The Labute approximate surface area is 125 Å². The zero-order valence-electron chi connectivity index (χ0n) is 12.9. The number of amides is 2. The molecule has 4 nitrogen and oxygen atoms in total. The first-order valence-corrected chi connectivity index (χ1v) is 6.94. The fourth-order valence-corrected chi connectivity index (χ4v) is 2.40. The Kier molecular flexibility index (Phi) is 4.26. The highest BCUT2D eigenvalue weighted by atomic mass is 16.2. The van der Waals surface area contributed by atoms with E-state index in [4.69, 9.17) is 0 Å². The third kappa shape index (κ3) is 2.75. The van der Waals surface area contributed by atoms with E-state index in [-0.39, 0.29) is 6.03 Å². The van der Waals surface area contributed by atoms with Gasteiger partial charge in [-0.15, -0.1) is 0 Å². The van der Waals surface area contributed by atoms with E-state index >= 15 is 0 Å². The van der Waals surface area contributed by atoms with Gasteiger partial charge in [-0.2, -0.15) is 0 Å². The van der Waals surface area contributed by atoms with Crippen molar-refractivity contribution in [2.45, 2.75) is 19.4 Å². The number of nitrogens with one attached hydrogen (secondary N) is 1. The molecule has 0 radical (unpaired) electrons. The molecule has 21 heavy (non-hydrogen) atoms. The first-order chi connectivity index (χ1) is 10.00. The predicted octanol–water partition coefficient (Wildman–Crippen LogP) is 2.92. The molecule has 1 atom stereocenters. The van der Waals surface area contributed by atoms with Gasteiger partial charge in [-0.25, -0.2) is 4.79 Å². The van der Waals surface area contributed by atoms with Crippen molar-refractivity contribution in [3.63, 3.8) is 0 Å². The van der Waals surface area contributed by atoms with Crippen molar-refractivity contribution < 1.29 is 4.79 Å². The molecule has 0 aliphatic rings. The van der Waals surface area contributed by atoms with E-state index in [0.29, 0.717) is 0 Å². The largest absolute Gasteiger partial charge is 0.341 e. The Morgan fingerprint density at radius 1 is 1.19 bits per heavy atom. The Balaban J connectivity index is 2.59. The van der Waals surface area contributed by atoms with Gasteiger partial charge in [0, 0.05) is 20.3 Å². The third-order valence-electron chi connectivity index (χ3n) is 3.94. The lowest BCUT2D eigenvalue weighted by molar-refractivity contribution is 0.166. The number of hydrogen-bond donors (Lipinski definition) is 1. The second kappa shape index (κ2) is 5.95. The lowest BCUT2D eigenvalue weighted by Crippen LogP contribution is -2.49. The van der Waals surface area contributed by atoms with Gasteiger partial charge in [0.2, 0.25) is 0 Å². The van der Waals surface area contributed by atoms with Gasteiger partial charge in [-0.1, -0.05) is 36.4 Å². The molecule has 0 saturated heterocycles. The summed E-state index contributed by atoms with van der Waals surface area (Å²) in [5, 5.41) is 2.68. The van der Waals surface area contributed by atoms with Crippen molar-refractivity contribution in [1.29, 1.82) is 0 Å². The SMILES string of the molecule is CNC(=O)N(C)[C@@](C)(c1ccccc1)c1ccc(C)cn1. The van der Waals surface area contributed by atoms with Crippen LogP contribution in [0.25, 0.3) is 0 Å². The Morgan fingerprint density at radius 3 is 2.38 bits per heavy atom. The van der Waals surface area contributed by atoms with Gasteiger partial charge in [0.15, 0.2) is 0 Å². The number of hydrogen-bond acceptors (Lipinski definition) is 2. The van der Waals surface area contributed by atoms with Gasteiger partial charge in [0.1, 0.15) is 5.54 Å². The van der Waals surface area contributed by atoms with Gasteiger partial charge >= 0.3 is 6.03 Å². The smallest absolute Gasteiger partial charge is 0.317 e. The van der Waals surface area contributed by atoms with E-state index in [0.717, 1.165) is 16.8 Å². The van der Waals surface area contributed by atoms with Crippen LogP contribution in [0.15, 0.2) is 48.7 Å². The van der Waals surface area contributed by atoms with Gasteiger partial charge in [0.25, 0.3) is 0 Å². The van der Waals surface area contributed by atoms with E-state index in [2.05, 4.69) is 10.3 Å². The monoisotopic (exact) mass is 283 g/mol. The van der Waals surface area contributed by atoms with Gasteiger partial charge in [0.05, 0.1) is 5.69 Å². The van der Waals surface area contributed by atoms with Crippen molar-refractivity contribution in [2.24, 2.45) is 0 Å². The van der Waals surface area contributed by atoms with Crippen molar-refractivity contribution in [2.75, 3.05) is 14.1 Å². The summed E-state index contributed by atoms with van der Waals surface area (Å²) in [7, 11) is 3.42. The average Bonchev–Trinajstić information content (AvgIpc) is 2.54. The zero-order valence-corrected chi connectivity index (χ0v) is 12.9. The van der Waals surface area contributed by atoms with Gasteiger partial charge in [-0.05, 0) is 31.0 Å². The molecule has 2 rings (SSSR count). The highest BCUT2D eigenvalue weighted by Crippen LogP contribution is 2.33. The van der Waals surface area contributed by atoms with Crippen LogP contribution < -0.4 is 5.32 Å². The first-order valence-electron chi connectivity index (χ1n) is 6.94. The lowest BCUT2D eigenvalue weighted by Gasteiger charge is -2.38. The number of aromatic nitrogens is 1. The molecule has 1 heterocycles. The maximum Gasteiger partial charge on any atom is 0.317 e. The van der Waals surface area contributed by atoms with Crippen LogP contribution in [0.4, 0.5) is 4.79 Å². The summed E-state index contributed by atoms with van der Waals surface area (Å²) in [6, 6.07) is 13.8. The Morgan fingerprint density at radius 2 is 1.86 bits per heavy atom. The van der Waals surface area contributed by atoms with Gasteiger partial charge in [-0.3, -0.25) is 4.98 Å². The number of carbonyl (C=O) groups is 1. The average molecular weight is 283 g/mol. The van der Waals surface area contributed by atoms with Crippen LogP contribution >= 0.6 is 0 Å². The van der Waals surface area contributed by atoms with Crippen LogP contribution in [0.1, 0.15) is 23.7 Å². The quantitative estimate of drug-likeness (QED) is 0.941. The molecule has 2 aromatic rings. The summed E-state index contributed by atoms with van der Waals surface area (Å²) in [5.41, 5.74) is 2.32. The predicted molar refractivity (Wildman–Crippen MR) is 84.1 cm³/mol. The summed E-state index contributed by atoms with van der Waals surface area (Å²) in [6.07, 6.45) is 1.83. The molecule has 4 heteroatoms. The van der Waals surface area contributed by atoms with E-state index in [9.17, 15) is 4.79 Å². The zero-order chi connectivity index (χ0) is 15.5. The molecule has 2 amide bonds. The van der Waals surface area contributed by atoms with E-state index in [1.807, 2.05) is 62.5 Å². The standard InChI is InChI=1S/C17H21N3O/c1-13-10-11-15(19-12-13)17(2,20(4)16(21)18-3)14-8-6-5-7-9-14/h5-12H,1-4H3,(H,18,21)/t17-/m0/s1. The Hall–Kier alpha value is -2.36. The summed E-state index contributed by atoms with van der Waals surface area (Å²) in [5.74, 6) is 0. The highest BCUT2D eigenvalue weighted by Gasteiger charge is 2.37. The van der Waals surface area contributed by atoms with Crippen LogP contribution in [0, 0.1) is 6.92 Å². The molecule has 0 bridgehead atoms. The number of benzene rings is 1.